The Hall–Kier alpha value is -1.55. The first kappa shape index (κ1) is 14.4. The molecule has 1 fully saturated rings. The lowest BCUT2D eigenvalue weighted by atomic mass is 9.87. The topological polar surface area (TPSA) is 50.4 Å². The number of carbonyl (C=O) groups is 1. The zero-order chi connectivity index (χ0) is 14.8. The van der Waals surface area contributed by atoms with Crippen LogP contribution in [0.2, 0.25) is 0 Å². The molecule has 0 spiro atoms. The predicted octanol–water partition coefficient (Wildman–Crippen LogP) is 2.20. The molecular weight excluding hydrogens is 264 g/mol. The average Bonchev–Trinajstić information content (AvgIpc) is 2.89. The van der Waals surface area contributed by atoms with Crippen LogP contribution >= 0.6 is 0 Å². The van der Waals surface area contributed by atoms with Crippen LogP contribution < -0.4 is 10.6 Å². The maximum atomic E-state index is 12.5. The fourth-order valence-corrected chi connectivity index (χ4v) is 3.33. The summed E-state index contributed by atoms with van der Waals surface area (Å²) in [5, 5.41) is 6.57. The SMILES string of the molecule is CC1Nc2ccccc2CC1C(=O)NCC1CCOC1C. The molecule has 4 atom stereocenters. The molecule has 4 nitrogen and oxygen atoms in total. The molecule has 1 aromatic rings. The number of hydrogen-bond donors (Lipinski definition) is 2. The van der Waals surface area contributed by atoms with Crippen molar-refractivity contribution in [2.24, 2.45) is 11.8 Å². The molecule has 3 rings (SSSR count). The average molecular weight is 288 g/mol. The summed E-state index contributed by atoms with van der Waals surface area (Å²) in [7, 11) is 0. The highest BCUT2D eigenvalue weighted by atomic mass is 16.5. The Bertz CT molecular complexity index is 517. The zero-order valence-corrected chi connectivity index (χ0v) is 12.8. The molecule has 2 N–H and O–H groups in total. The summed E-state index contributed by atoms with van der Waals surface area (Å²) < 4.78 is 5.55. The second-order valence-corrected chi connectivity index (χ2v) is 6.27. The van der Waals surface area contributed by atoms with E-state index >= 15 is 0 Å². The molecule has 1 saturated heterocycles. The summed E-state index contributed by atoms with van der Waals surface area (Å²) in [4.78, 5) is 12.5. The highest BCUT2D eigenvalue weighted by Crippen LogP contribution is 2.28. The number of hydrogen-bond acceptors (Lipinski definition) is 3. The van der Waals surface area contributed by atoms with E-state index < -0.39 is 0 Å². The largest absolute Gasteiger partial charge is 0.382 e. The van der Waals surface area contributed by atoms with Crippen LogP contribution in [0.15, 0.2) is 24.3 Å². The van der Waals surface area contributed by atoms with Gasteiger partial charge in [0.2, 0.25) is 5.91 Å². The highest BCUT2D eigenvalue weighted by molar-refractivity contribution is 5.81. The number of para-hydroxylation sites is 1. The number of benzene rings is 1. The van der Waals surface area contributed by atoms with Crippen molar-refractivity contribution in [1.82, 2.24) is 5.32 Å². The molecular formula is C17H24N2O2. The van der Waals surface area contributed by atoms with Gasteiger partial charge in [0, 0.05) is 30.8 Å². The summed E-state index contributed by atoms with van der Waals surface area (Å²) in [6.45, 7) is 5.72. The molecule has 0 aliphatic carbocycles. The summed E-state index contributed by atoms with van der Waals surface area (Å²) in [5.74, 6) is 0.606. The number of rotatable bonds is 3. The Kier molecular flexibility index (Phi) is 4.15. The molecule has 2 heterocycles. The number of fused-ring (bicyclic) bond motifs is 1. The van der Waals surface area contributed by atoms with Crippen molar-refractivity contribution in [3.63, 3.8) is 0 Å². The van der Waals surface area contributed by atoms with Crippen molar-refractivity contribution in [3.05, 3.63) is 29.8 Å². The predicted molar refractivity (Wildman–Crippen MR) is 83.3 cm³/mol. The number of carbonyl (C=O) groups excluding carboxylic acids is 1. The van der Waals surface area contributed by atoms with Crippen LogP contribution in [0.4, 0.5) is 5.69 Å². The molecule has 0 radical (unpaired) electrons. The van der Waals surface area contributed by atoms with Crippen molar-refractivity contribution >= 4 is 11.6 Å². The fourth-order valence-electron chi connectivity index (χ4n) is 3.33. The maximum absolute atomic E-state index is 12.5. The Balaban J connectivity index is 1.60. The first-order valence-corrected chi connectivity index (χ1v) is 7.89. The van der Waals surface area contributed by atoms with Gasteiger partial charge in [0.05, 0.1) is 12.0 Å². The van der Waals surface area contributed by atoms with E-state index in [1.165, 1.54) is 5.56 Å². The molecule has 0 aromatic heterocycles. The lowest BCUT2D eigenvalue weighted by Crippen LogP contribution is -2.45. The third-order valence-corrected chi connectivity index (χ3v) is 4.85. The molecule has 4 heteroatoms. The van der Waals surface area contributed by atoms with Crippen LogP contribution in [0.3, 0.4) is 0 Å². The Labute approximate surface area is 126 Å². The first-order valence-electron chi connectivity index (χ1n) is 7.89. The molecule has 4 unspecified atom stereocenters. The van der Waals surface area contributed by atoms with Gasteiger partial charge in [-0.1, -0.05) is 18.2 Å². The molecule has 1 amide bonds. The van der Waals surface area contributed by atoms with E-state index in [4.69, 9.17) is 4.74 Å². The highest BCUT2D eigenvalue weighted by Gasteiger charge is 2.31. The van der Waals surface area contributed by atoms with Crippen LogP contribution in [0.25, 0.3) is 0 Å². The van der Waals surface area contributed by atoms with Crippen LogP contribution in [-0.2, 0) is 16.0 Å². The number of anilines is 1. The van der Waals surface area contributed by atoms with Crippen LogP contribution in [0, 0.1) is 11.8 Å². The molecule has 114 valence electrons. The Morgan fingerprint density at radius 2 is 2.19 bits per heavy atom. The van der Waals surface area contributed by atoms with Gasteiger partial charge in [-0.15, -0.1) is 0 Å². The minimum Gasteiger partial charge on any atom is -0.382 e. The van der Waals surface area contributed by atoms with E-state index in [0.717, 1.165) is 31.7 Å². The van der Waals surface area contributed by atoms with Gasteiger partial charge in [-0.3, -0.25) is 4.79 Å². The summed E-state index contributed by atoms with van der Waals surface area (Å²) >= 11 is 0. The molecule has 1 aromatic carbocycles. The summed E-state index contributed by atoms with van der Waals surface area (Å²) in [6.07, 6.45) is 2.11. The zero-order valence-electron chi connectivity index (χ0n) is 12.8. The smallest absolute Gasteiger partial charge is 0.225 e. The van der Waals surface area contributed by atoms with E-state index in [0.29, 0.717) is 5.92 Å². The van der Waals surface area contributed by atoms with Crippen molar-refractivity contribution in [3.8, 4) is 0 Å². The number of amides is 1. The molecule has 21 heavy (non-hydrogen) atoms. The van der Waals surface area contributed by atoms with Crippen molar-refractivity contribution < 1.29 is 9.53 Å². The molecule has 2 aliphatic heterocycles. The lowest BCUT2D eigenvalue weighted by Gasteiger charge is -2.32. The van der Waals surface area contributed by atoms with Crippen molar-refractivity contribution in [1.29, 1.82) is 0 Å². The molecule has 2 aliphatic rings. The standard InChI is InChI=1S/C17H24N2O2/c1-11-15(9-13-5-3-4-6-16(13)19-11)17(20)18-10-14-7-8-21-12(14)2/h3-6,11-12,14-15,19H,7-10H2,1-2H3,(H,18,20). The number of nitrogens with one attached hydrogen (secondary N) is 2. The first-order chi connectivity index (χ1) is 10.1. The Morgan fingerprint density at radius 1 is 1.38 bits per heavy atom. The monoisotopic (exact) mass is 288 g/mol. The minimum absolute atomic E-state index is 0.00229. The van der Waals surface area contributed by atoms with Gasteiger partial charge in [0.15, 0.2) is 0 Å². The molecule has 0 saturated carbocycles. The maximum Gasteiger partial charge on any atom is 0.225 e. The van der Waals surface area contributed by atoms with E-state index in [1.807, 2.05) is 12.1 Å². The van der Waals surface area contributed by atoms with Gasteiger partial charge in [-0.25, -0.2) is 0 Å². The quantitative estimate of drug-likeness (QED) is 0.896. The third-order valence-electron chi connectivity index (χ3n) is 4.85. The third kappa shape index (κ3) is 3.05. The van der Waals surface area contributed by atoms with Crippen LogP contribution in [-0.4, -0.2) is 31.2 Å². The van der Waals surface area contributed by atoms with Gasteiger partial charge in [-0.2, -0.15) is 0 Å². The van der Waals surface area contributed by atoms with Gasteiger partial charge < -0.3 is 15.4 Å². The van der Waals surface area contributed by atoms with Gasteiger partial charge in [0.25, 0.3) is 0 Å². The van der Waals surface area contributed by atoms with Gasteiger partial charge in [0.1, 0.15) is 0 Å². The summed E-state index contributed by atoms with van der Waals surface area (Å²) in [6, 6.07) is 8.40. The molecule has 0 bridgehead atoms. The Morgan fingerprint density at radius 3 is 2.95 bits per heavy atom. The van der Waals surface area contributed by atoms with Crippen molar-refractivity contribution in [2.45, 2.75) is 38.8 Å². The second kappa shape index (κ2) is 6.06. The van der Waals surface area contributed by atoms with Crippen LogP contribution in [0.1, 0.15) is 25.8 Å². The second-order valence-electron chi connectivity index (χ2n) is 6.27. The van der Waals surface area contributed by atoms with E-state index in [1.54, 1.807) is 0 Å². The van der Waals surface area contributed by atoms with Crippen LogP contribution in [0.5, 0.6) is 0 Å². The van der Waals surface area contributed by atoms with E-state index in [9.17, 15) is 4.79 Å². The lowest BCUT2D eigenvalue weighted by molar-refractivity contribution is -0.125. The van der Waals surface area contributed by atoms with E-state index in [2.05, 4.69) is 36.6 Å². The normalized spacial score (nSPS) is 31.3. The van der Waals surface area contributed by atoms with E-state index in [-0.39, 0.29) is 24.0 Å². The van der Waals surface area contributed by atoms with Gasteiger partial charge in [-0.05, 0) is 38.3 Å². The summed E-state index contributed by atoms with van der Waals surface area (Å²) in [5.41, 5.74) is 2.39. The fraction of sp³-hybridized carbons (Fsp3) is 0.588. The van der Waals surface area contributed by atoms with Gasteiger partial charge >= 0.3 is 0 Å². The van der Waals surface area contributed by atoms with Crippen molar-refractivity contribution in [2.75, 3.05) is 18.5 Å². The minimum atomic E-state index is -0.00229. The number of ether oxygens (including phenoxy) is 1.